The second-order valence-electron chi connectivity index (χ2n) is 14.5. The summed E-state index contributed by atoms with van der Waals surface area (Å²) in [6.45, 7) is 10.2. The summed E-state index contributed by atoms with van der Waals surface area (Å²) in [6.07, 6.45) is 0. The minimum atomic E-state index is -1.31. The maximum absolute atomic E-state index is 13.2. The maximum Gasteiger partial charge on any atom is 0.337 e. The predicted molar refractivity (Wildman–Crippen MR) is 191 cm³/mol. The van der Waals surface area contributed by atoms with E-state index in [1.54, 1.807) is 0 Å². The van der Waals surface area contributed by atoms with Gasteiger partial charge < -0.3 is 19.8 Å². The van der Waals surface area contributed by atoms with Gasteiger partial charge in [-0.2, -0.15) is 0 Å². The molecule has 9 heteroatoms. The minimum absolute atomic E-state index is 0.0587. The van der Waals surface area contributed by atoms with Crippen LogP contribution >= 0.6 is 23.2 Å². The molecule has 0 amide bonds. The molecule has 0 unspecified atom stereocenters. The smallest absolute Gasteiger partial charge is 0.337 e. The summed E-state index contributed by atoms with van der Waals surface area (Å²) in [5.74, 6) is -1.39. The Morgan fingerprint density at radius 3 is 2.10 bits per heavy atom. The molecule has 7 nitrogen and oxygen atoms in total. The van der Waals surface area contributed by atoms with Crippen LogP contribution in [0, 0.1) is 0 Å². The third-order valence-corrected chi connectivity index (χ3v) is 11.0. The summed E-state index contributed by atoms with van der Waals surface area (Å²) in [6, 6.07) is 17.1. The molecule has 3 heterocycles. The van der Waals surface area contributed by atoms with Crippen molar-refractivity contribution in [2.75, 3.05) is 32.1 Å². The number of hydrogen-bond donors (Lipinski definition) is 2. The third kappa shape index (κ3) is 3.92. The Balaban J connectivity index is 1.77. The number of rotatable bonds is 3. The fourth-order valence-corrected chi connectivity index (χ4v) is 9.36. The monoisotopic (exact) mass is 679 g/mol. The van der Waals surface area contributed by atoms with Crippen LogP contribution in [0.2, 0.25) is 10.0 Å². The van der Waals surface area contributed by atoms with Crippen LogP contribution in [0.4, 0.5) is 5.69 Å². The van der Waals surface area contributed by atoms with Crippen molar-refractivity contribution in [2.24, 2.45) is 0 Å². The fraction of sp³-hybridized carbons (Fsp3) is 0.256. The Hall–Kier alpha value is -4.59. The van der Waals surface area contributed by atoms with Crippen molar-refractivity contribution in [3.8, 4) is 11.5 Å². The molecule has 0 fully saturated rings. The molecule has 0 radical (unpaired) electrons. The lowest BCUT2D eigenvalue weighted by Gasteiger charge is -2.32. The molecule has 8 rings (SSSR count). The van der Waals surface area contributed by atoms with Crippen LogP contribution in [0.1, 0.15) is 70.7 Å². The number of carbonyl (C=O) groups is 2. The van der Waals surface area contributed by atoms with E-state index < -0.39 is 11.9 Å². The van der Waals surface area contributed by atoms with Crippen molar-refractivity contribution in [2.45, 2.75) is 38.5 Å². The highest BCUT2D eigenvalue weighted by molar-refractivity contribution is 6.40. The summed E-state index contributed by atoms with van der Waals surface area (Å²) < 4.78 is 9.58. The van der Waals surface area contributed by atoms with Gasteiger partial charge in [0.15, 0.2) is 6.54 Å². The number of anilines is 1. The first-order chi connectivity index (χ1) is 22.7. The summed E-state index contributed by atoms with van der Waals surface area (Å²) in [5, 5.41) is 26.0. The topological polar surface area (TPSA) is 90.1 Å². The molecular formula is C39H33Cl2N2O5+. The van der Waals surface area contributed by atoms with E-state index in [1.807, 2.05) is 36.4 Å². The maximum atomic E-state index is 13.2. The molecule has 0 aromatic heterocycles. The highest BCUT2D eigenvalue weighted by Crippen LogP contribution is 2.57. The zero-order valence-electron chi connectivity index (χ0n) is 27.4. The Labute approximate surface area is 286 Å². The largest absolute Gasteiger partial charge is 0.478 e. The lowest BCUT2D eigenvalue weighted by molar-refractivity contribution is 0.0681. The number of ether oxygens (including phenoxy) is 1. The van der Waals surface area contributed by atoms with Gasteiger partial charge in [0.25, 0.3) is 0 Å². The van der Waals surface area contributed by atoms with Crippen molar-refractivity contribution in [3.63, 3.8) is 0 Å². The van der Waals surface area contributed by atoms with Gasteiger partial charge in [0.05, 0.1) is 43.2 Å². The van der Waals surface area contributed by atoms with Crippen molar-refractivity contribution in [1.82, 2.24) is 4.58 Å². The SMILES string of the molecule is CN1CC(C)(C)c2c3c(c4ccccc4c21)C(c1c(Cl)c(C(=O)O)cc(Cl)c1C(=O)O)=c1c(c2c(c4ccccc14)=[N+](C)CC2(C)C)O3. The van der Waals surface area contributed by atoms with E-state index >= 15 is 0 Å². The van der Waals surface area contributed by atoms with Gasteiger partial charge in [0.1, 0.15) is 18.5 Å². The standard InChI is InChI=1S/C39H32Cl2N2O5/c1-38(2)16-42(5)32-20-13-9-7-11-18(20)24-27(28-26(37(46)47)23(40)15-22(31(28)41)36(44)45)25-19-12-8-10-14-21(19)33-30(39(3,4)17-43(33)6)35(25)48-34(24)29(32)38/h7-15H,16-17H2,1-6H3,(H-,44,45,46,47)/p+1. The average molecular weight is 681 g/mol. The molecule has 0 atom stereocenters. The molecular weight excluding hydrogens is 647 g/mol. The van der Waals surface area contributed by atoms with Crippen molar-refractivity contribution in [3.05, 3.63) is 109 Å². The molecule has 0 aliphatic carbocycles. The van der Waals surface area contributed by atoms with Gasteiger partial charge in [-0.1, -0.05) is 79.5 Å². The van der Waals surface area contributed by atoms with Gasteiger partial charge in [-0.05, 0) is 36.8 Å². The quantitative estimate of drug-likeness (QED) is 0.193. The number of fused-ring (bicyclic) bond motifs is 12. The normalized spacial score (nSPS) is 16.9. The molecule has 48 heavy (non-hydrogen) atoms. The number of benzene rings is 5. The molecule has 0 saturated heterocycles. The van der Waals surface area contributed by atoms with Crippen molar-refractivity contribution >= 4 is 67.9 Å². The molecule has 0 bridgehead atoms. The molecule has 3 aliphatic rings. The van der Waals surface area contributed by atoms with Crippen LogP contribution < -0.4 is 24.8 Å². The van der Waals surface area contributed by atoms with Gasteiger partial charge in [0.2, 0.25) is 5.36 Å². The molecule has 0 spiro atoms. The highest BCUT2D eigenvalue weighted by atomic mass is 35.5. The Kier molecular flexibility index (Phi) is 6.38. The van der Waals surface area contributed by atoms with E-state index in [-0.39, 0.29) is 37.6 Å². The minimum Gasteiger partial charge on any atom is -0.478 e. The Morgan fingerprint density at radius 1 is 0.833 bits per heavy atom. The molecule has 2 N–H and O–H groups in total. The molecule has 242 valence electrons. The summed E-state index contributed by atoms with van der Waals surface area (Å²) >= 11 is 13.8. The number of hydrogen-bond acceptors (Lipinski definition) is 4. The Bertz CT molecular complexity index is 2500. The first-order valence-corrected chi connectivity index (χ1v) is 16.6. The van der Waals surface area contributed by atoms with Gasteiger partial charge in [-0.3, -0.25) is 0 Å². The lowest BCUT2D eigenvalue weighted by Crippen LogP contribution is -2.31. The molecule has 0 saturated carbocycles. The lowest BCUT2D eigenvalue weighted by atomic mass is 9.77. The first-order valence-electron chi connectivity index (χ1n) is 15.8. The van der Waals surface area contributed by atoms with Gasteiger partial charge in [-0.25, -0.2) is 14.2 Å². The van der Waals surface area contributed by atoms with Crippen LogP contribution in [-0.4, -0.2) is 49.3 Å². The second kappa shape index (κ2) is 9.97. The molecule has 5 aromatic rings. The second-order valence-corrected chi connectivity index (χ2v) is 15.3. The zero-order valence-corrected chi connectivity index (χ0v) is 28.9. The van der Waals surface area contributed by atoms with E-state index in [9.17, 15) is 19.8 Å². The summed E-state index contributed by atoms with van der Waals surface area (Å²) in [4.78, 5) is 28.1. The van der Waals surface area contributed by atoms with E-state index in [0.717, 1.165) is 62.9 Å². The number of carboxylic acids is 2. The summed E-state index contributed by atoms with van der Waals surface area (Å²) in [5.41, 5.74) is 3.02. The van der Waals surface area contributed by atoms with E-state index in [0.29, 0.717) is 27.9 Å². The molecule has 5 aromatic carbocycles. The number of carboxylic acid groups (broad SMARTS) is 2. The van der Waals surface area contributed by atoms with Gasteiger partial charge >= 0.3 is 11.9 Å². The van der Waals surface area contributed by atoms with Crippen LogP contribution in [-0.2, 0) is 10.8 Å². The van der Waals surface area contributed by atoms with E-state index in [1.165, 1.54) is 0 Å². The van der Waals surface area contributed by atoms with Gasteiger partial charge in [0, 0.05) is 51.9 Å². The molecule has 3 aliphatic heterocycles. The average Bonchev–Trinajstić information content (AvgIpc) is 3.42. The predicted octanol–water partition coefficient (Wildman–Crippen LogP) is 7.19. The number of halogens is 2. The van der Waals surface area contributed by atoms with Crippen molar-refractivity contribution in [1.29, 1.82) is 0 Å². The van der Waals surface area contributed by atoms with Crippen LogP contribution in [0.5, 0.6) is 11.5 Å². The zero-order chi connectivity index (χ0) is 34.2. The van der Waals surface area contributed by atoms with E-state index in [4.69, 9.17) is 27.9 Å². The summed E-state index contributed by atoms with van der Waals surface area (Å²) in [7, 11) is 4.15. The number of likely N-dealkylation sites (N-methyl/N-ethyl adjacent to an activating group) is 2. The Morgan fingerprint density at radius 2 is 1.46 bits per heavy atom. The first kappa shape index (κ1) is 30.7. The van der Waals surface area contributed by atoms with Crippen molar-refractivity contribution < 1.29 is 24.5 Å². The number of aromatic carboxylic acids is 2. The highest BCUT2D eigenvalue weighted by Gasteiger charge is 2.46. The van der Waals surface area contributed by atoms with E-state index in [2.05, 4.69) is 63.4 Å². The third-order valence-electron chi connectivity index (χ3n) is 10.3. The van der Waals surface area contributed by atoms with Crippen LogP contribution in [0.25, 0.3) is 27.1 Å². The number of nitrogens with zero attached hydrogens (tertiary/aromatic N) is 2. The van der Waals surface area contributed by atoms with Crippen LogP contribution in [0.3, 0.4) is 0 Å². The van der Waals surface area contributed by atoms with Gasteiger partial charge in [-0.15, -0.1) is 0 Å². The van der Waals surface area contributed by atoms with Crippen LogP contribution in [0.15, 0.2) is 54.6 Å². The fourth-order valence-electron chi connectivity index (χ4n) is 8.75.